The van der Waals surface area contributed by atoms with Crippen molar-refractivity contribution in [3.8, 4) is 22.9 Å². The summed E-state index contributed by atoms with van der Waals surface area (Å²) in [4.78, 5) is 17.4. The first-order chi connectivity index (χ1) is 16.5. The highest BCUT2D eigenvalue weighted by Crippen LogP contribution is 2.39. The Morgan fingerprint density at radius 1 is 1.29 bits per heavy atom. The molecular formula is C23H24N6O4S. The molecule has 0 radical (unpaired) electrons. The maximum absolute atomic E-state index is 13.2. The van der Waals surface area contributed by atoms with Gasteiger partial charge in [-0.25, -0.2) is 23.8 Å². The fourth-order valence-corrected chi connectivity index (χ4v) is 5.23. The number of carbonyl (C=O) groups is 1. The third-order valence-electron chi connectivity index (χ3n) is 6.19. The van der Waals surface area contributed by atoms with E-state index in [4.69, 9.17) is 14.6 Å². The van der Waals surface area contributed by atoms with Crippen LogP contribution in [-0.2, 0) is 29.3 Å². The summed E-state index contributed by atoms with van der Waals surface area (Å²) in [5.74, 6) is 0.861. The summed E-state index contributed by atoms with van der Waals surface area (Å²) in [7, 11) is -3.55. The lowest BCUT2D eigenvalue weighted by atomic mass is 9.84. The molecule has 1 saturated carbocycles. The number of pyridine rings is 1. The minimum Gasteiger partial charge on any atom is -0.477 e. The summed E-state index contributed by atoms with van der Waals surface area (Å²) in [6.07, 6.45) is 7.93. The summed E-state index contributed by atoms with van der Waals surface area (Å²) in [5.41, 5.74) is 4.53. The molecule has 2 amide bonds. The molecule has 2 aliphatic carbocycles. The van der Waals surface area contributed by atoms with Crippen LogP contribution < -0.4 is 19.9 Å². The van der Waals surface area contributed by atoms with Crippen LogP contribution in [0.1, 0.15) is 30.4 Å². The summed E-state index contributed by atoms with van der Waals surface area (Å²) in [6, 6.07) is 6.98. The second kappa shape index (κ2) is 8.10. The molecular weight excluding hydrogens is 456 g/mol. The molecule has 11 heteroatoms. The van der Waals surface area contributed by atoms with Gasteiger partial charge in [0, 0.05) is 30.8 Å². The number of hydrogen-bond acceptors (Lipinski definition) is 6. The third-order valence-corrected chi connectivity index (χ3v) is 7.54. The molecule has 2 aromatic heterocycles. The Kier molecular flexibility index (Phi) is 5.03. The van der Waals surface area contributed by atoms with Gasteiger partial charge in [0.25, 0.3) is 0 Å². The van der Waals surface area contributed by atoms with E-state index in [2.05, 4.69) is 25.8 Å². The number of benzene rings is 1. The maximum atomic E-state index is 13.2. The molecule has 3 N–H and O–H groups in total. The second-order valence-electron chi connectivity index (χ2n) is 8.65. The van der Waals surface area contributed by atoms with Gasteiger partial charge in [0.05, 0.1) is 18.5 Å². The van der Waals surface area contributed by atoms with Gasteiger partial charge in [-0.15, -0.1) is 4.36 Å². The highest BCUT2D eigenvalue weighted by molar-refractivity contribution is 7.91. The molecule has 0 unspecified atom stereocenters. The lowest BCUT2D eigenvalue weighted by Crippen LogP contribution is -2.22. The van der Waals surface area contributed by atoms with E-state index in [0.29, 0.717) is 30.6 Å². The number of ether oxygens (including phenoxy) is 2. The van der Waals surface area contributed by atoms with E-state index in [1.807, 2.05) is 18.2 Å². The Morgan fingerprint density at radius 3 is 2.97 bits per heavy atom. The number of hydrogen-bond donors (Lipinski definition) is 2. The minimum absolute atomic E-state index is 0.125. The van der Waals surface area contributed by atoms with Gasteiger partial charge in [0.1, 0.15) is 11.0 Å². The lowest BCUT2D eigenvalue weighted by molar-refractivity contribution is 0.224. The zero-order chi connectivity index (χ0) is 23.3. The van der Waals surface area contributed by atoms with Crippen molar-refractivity contribution < 1.29 is 18.5 Å². The third kappa shape index (κ3) is 3.90. The molecule has 176 valence electrons. The fourth-order valence-electron chi connectivity index (χ4n) is 4.22. The SMILES string of the molecule is N[S@@](=O)(=NC(=O)Nc1c(-c2ccnc(OC3CC3)c2)ccc2c1CC2)c1cnn2c1OCCC2. The monoisotopic (exact) mass is 480 g/mol. The molecule has 10 nitrogen and oxygen atoms in total. The first kappa shape index (κ1) is 21.1. The van der Waals surface area contributed by atoms with Gasteiger partial charge in [0.15, 0.2) is 9.92 Å². The van der Waals surface area contributed by atoms with Crippen molar-refractivity contribution in [2.45, 2.75) is 49.6 Å². The van der Waals surface area contributed by atoms with Crippen LogP contribution >= 0.6 is 0 Å². The van der Waals surface area contributed by atoms with Crippen LogP contribution in [0.3, 0.4) is 0 Å². The smallest absolute Gasteiger partial charge is 0.354 e. The van der Waals surface area contributed by atoms with Gasteiger partial charge < -0.3 is 14.8 Å². The Hall–Kier alpha value is -3.44. The van der Waals surface area contributed by atoms with Crippen molar-refractivity contribution in [2.24, 2.45) is 9.50 Å². The predicted octanol–water partition coefficient (Wildman–Crippen LogP) is 3.30. The average molecular weight is 481 g/mol. The molecule has 1 atom stereocenters. The number of anilines is 1. The number of amides is 2. The molecule has 3 heterocycles. The molecule has 3 aromatic rings. The molecule has 0 saturated heterocycles. The van der Waals surface area contributed by atoms with E-state index in [0.717, 1.165) is 54.4 Å². The number of urea groups is 1. The van der Waals surface area contributed by atoms with Gasteiger partial charge in [-0.2, -0.15) is 5.10 Å². The maximum Gasteiger partial charge on any atom is 0.354 e. The molecule has 3 aliphatic rings. The Balaban J connectivity index is 1.33. The number of aromatic nitrogens is 3. The van der Waals surface area contributed by atoms with E-state index in [9.17, 15) is 9.00 Å². The molecule has 6 rings (SSSR count). The van der Waals surface area contributed by atoms with Crippen LogP contribution in [0, 0.1) is 0 Å². The van der Waals surface area contributed by atoms with E-state index in [1.54, 1.807) is 10.9 Å². The van der Waals surface area contributed by atoms with Gasteiger partial charge in [0.2, 0.25) is 11.8 Å². The molecule has 1 fully saturated rings. The van der Waals surface area contributed by atoms with Crippen molar-refractivity contribution in [2.75, 3.05) is 11.9 Å². The highest BCUT2D eigenvalue weighted by Gasteiger charge is 2.27. The van der Waals surface area contributed by atoms with Crippen LogP contribution in [0.4, 0.5) is 10.5 Å². The van der Waals surface area contributed by atoms with E-state index >= 15 is 0 Å². The van der Waals surface area contributed by atoms with Crippen LogP contribution in [0.25, 0.3) is 11.1 Å². The Labute approximate surface area is 196 Å². The van der Waals surface area contributed by atoms with Crippen molar-refractivity contribution in [1.29, 1.82) is 0 Å². The van der Waals surface area contributed by atoms with Crippen molar-refractivity contribution in [1.82, 2.24) is 14.8 Å². The zero-order valence-electron chi connectivity index (χ0n) is 18.4. The van der Waals surface area contributed by atoms with E-state index < -0.39 is 15.9 Å². The summed E-state index contributed by atoms with van der Waals surface area (Å²) >= 11 is 0. The molecule has 0 bridgehead atoms. The predicted molar refractivity (Wildman–Crippen MR) is 125 cm³/mol. The molecule has 34 heavy (non-hydrogen) atoms. The van der Waals surface area contributed by atoms with Gasteiger partial charge in [-0.05, 0) is 48.4 Å². The standard InChI is InChI=1S/C23H24N6O4S/c24-34(31,19-13-26-29-10-1-11-32-22(19)29)28-23(30)27-21-17-6-2-14(17)3-7-18(21)15-8-9-25-20(12-15)33-16-4-5-16/h3,7-9,12-13,16H,1-2,4-6,10-11H2,(H3,24,27,28,30,31)/t34-/m1/s1. The second-order valence-corrected chi connectivity index (χ2v) is 10.4. The number of nitrogens with zero attached hydrogens (tertiary/aromatic N) is 4. The highest BCUT2D eigenvalue weighted by atomic mass is 32.2. The number of aryl methyl sites for hydroxylation is 2. The fraction of sp³-hybridized carbons (Fsp3) is 0.348. The van der Waals surface area contributed by atoms with Crippen molar-refractivity contribution >= 4 is 21.6 Å². The molecule has 1 aliphatic heterocycles. The summed E-state index contributed by atoms with van der Waals surface area (Å²) in [5, 5.41) is 13.0. The van der Waals surface area contributed by atoms with Crippen LogP contribution in [-0.4, -0.2) is 37.7 Å². The van der Waals surface area contributed by atoms with Crippen molar-refractivity contribution in [3.05, 3.63) is 47.8 Å². The largest absolute Gasteiger partial charge is 0.477 e. The number of carbonyl (C=O) groups excluding carboxylic acids is 1. The van der Waals surface area contributed by atoms with E-state index in [1.165, 1.54) is 6.20 Å². The average Bonchev–Trinajstić information content (AvgIpc) is 3.48. The van der Waals surface area contributed by atoms with E-state index in [-0.39, 0.29) is 11.0 Å². The van der Waals surface area contributed by atoms with Gasteiger partial charge in [-0.3, -0.25) is 0 Å². The summed E-state index contributed by atoms with van der Waals surface area (Å²) in [6.45, 7) is 1.10. The van der Waals surface area contributed by atoms with Gasteiger partial charge >= 0.3 is 6.03 Å². The first-order valence-electron chi connectivity index (χ1n) is 11.3. The first-order valence-corrected chi connectivity index (χ1v) is 12.9. The van der Waals surface area contributed by atoms with Crippen molar-refractivity contribution in [3.63, 3.8) is 0 Å². The van der Waals surface area contributed by atoms with Crippen LogP contribution in [0.5, 0.6) is 11.8 Å². The van der Waals surface area contributed by atoms with Crippen LogP contribution in [0.2, 0.25) is 0 Å². The normalized spacial score (nSPS) is 17.9. The van der Waals surface area contributed by atoms with Gasteiger partial charge in [-0.1, -0.05) is 12.1 Å². The lowest BCUT2D eigenvalue weighted by Gasteiger charge is -2.25. The number of nitrogens with two attached hydrogens (primary N) is 1. The minimum atomic E-state index is -3.55. The Morgan fingerprint density at radius 2 is 2.18 bits per heavy atom. The molecule has 1 aromatic carbocycles. The Bertz CT molecular complexity index is 1420. The number of fused-ring (bicyclic) bond motifs is 2. The van der Waals surface area contributed by atoms with Crippen LogP contribution in [0.15, 0.2) is 45.9 Å². The topological polar surface area (TPSA) is 134 Å². The zero-order valence-corrected chi connectivity index (χ0v) is 19.2. The molecule has 0 spiro atoms. The number of nitrogens with one attached hydrogen (secondary N) is 1. The number of rotatable bonds is 5. The quantitative estimate of drug-likeness (QED) is 0.576. The summed E-state index contributed by atoms with van der Waals surface area (Å²) < 4.78 is 30.0.